The summed E-state index contributed by atoms with van der Waals surface area (Å²) < 4.78 is 0. The fraction of sp³-hybridized carbons (Fsp3) is 0.400. The number of hydrogen-bond donors (Lipinski definition) is 1. The van der Waals surface area contributed by atoms with Crippen molar-refractivity contribution in [1.29, 1.82) is 0 Å². The molecule has 1 heteroatoms. The molecule has 0 radical (unpaired) electrons. The van der Waals surface area contributed by atoms with Crippen molar-refractivity contribution in [1.82, 2.24) is 0 Å². The third-order valence-corrected chi connectivity index (χ3v) is 2.14. The molecule has 0 bridgehead atoms. The number of nitrogens with two attached hydrogens (primary N) is 1. The summed E-state index contributed by atoms with van der Waals surface area (Å²) in [6.07, 6.45) is 1.15. The molecule has 1 aromatic carbocycles. The van der Waals surface area contributed by atoms with Gasteiger partial charge in [0.2, 0.25) is 0 Å². The first kappa shape index (κ1) is 8.12. The first-order chi connectivity index (χ1) is 5.25. The van der Waals surface area contributed by atoms with Gasteiger partial charge in [-0.05, 0) is 24.0 Å². The Bertz CT molecular complexity index is 230. The minimum atomic E-state index is 0.580. The Morgan fingerprint density at radius 3 is 2.55 bits per heavy atom. The van der Waals surface area contributed by atoms with Crippen LogP contribution in [0.1, 0.15) is 31.7 Å². The molecule has 0 unspecified atom stereocenters. The number of rotatable bonds is 2. The SMILES string of the molecule is CC[C@@H](C)c1ccccc1N. The van der Waals surface area contributed by atoms with Crippen LogP contribution in [0.3, 0.4) is 0 Å². The molecule has 1 nitrogen and oxygen atoms in total. The normalized spacial score (nSPS) is 12.9. The van der Waals surface area contributed by atoms with Crippen LogP contribution in [0.4, 0.5) is 5.69 Å². The summed E-state index contributed by atoms with van der Waals surface area (Å²) in [5.41, 5.74) is 7.99. The molecule has 1 aromatic rings. The van der Waals surface area contributed by atoms with E-state index < -0.39 is 0 Å². The monoisotopic (exact) mass is 149 g/mol. The van der Waals surface area contributed by atoms with E-state index in [9.17, 15) is 0 Å². The van der Waals surface area contributed by atoms with E-state index in [-0.39, 0.29) is 0 Å². The van der Waals surface area contributed by atoms with Gasteiger partial charge in [-0.3, -0.25) is 0 Å². The van der Waals surface area contributed by atoms with Crippen LogP contribution in [0.5, 0.6) is 0 Å². The summed E-state index contributed by atoms with van der Waals surface area (Å²) in [4.78, 5) is 0. The number of para-hydroxylation sites is 1. The molecule has 60 valence electrons. The maximum atomic E-state index is 5.80. The quantitative estimate of drug-likeness (QED) is 0.643. The van der Waals surface area contributed by atoms with Crippen molar-refractivity contribution >= 4 is 5.69 Å². The van der Waals surface area contributed by atoms with Gasteiger partial charge in [0.15, 0.2) is 0 Å². The highest BCUT2D eigenvalue weighted by atomic mass is 14.6. The van der Waals surface area contributed by atoms with Crippen molar-refractivity contribution in [3.63, 3.8) is 0 Å². The largest absolute Gasteiger partial charge is 0.398 e. The Balaban J connectivity index is 2.93. The van der Waals surface area contributed by atoms with Crippen LogP contribution in [0.15, 0.2) is 24.3 Å². The molecule has 0 aromatic heterocycles. The van der Waals surface area contributed by atoms with Crippen LogP contribution in [0.25, 0.3) is 0 Å². The molecule has 0 amide bonds. The van der Waals surface area contributed by atoms with Crippen LogP contribution in [-0.4, -0.2) is 0 Å². The Morgan fingerprint density at radius 2 is 2.00 bits per heavy atom. The van der Waals surface area contributed by atoms with Crippen LogP contribution in [-0.2, 0) is 0 Å². The summed E-state index contributed by atoms with van der Waals surface area (Å²) in [5, 5.41) is 0. The summed E-state index contributed by atoms with van der Waals surface area (Å²) in [6.45, 7) is 4.38. The van der Waals surface area contributed by atoms with Crippen molar-refractivity contribution in [3.05, 3.63) is 29.8 Å². The summed E-state index contributed by atoms with van der Waals surface area (Å²) >= 11 is 0. The van der Waals surface area contributed by atoms with Gasteiger partial charge in [-0.25, -0.2) is 0 Å². The molecule has 0 heterocycles. The van der Waals surface area contributed by atoms with Crippen molar-refractivity contribution < 1.29 is 0 Å². The smallest absolute Gasteiger partial charge is 0.0349 e. The minimum absolute atomic E-state index is 0.580. The van der Waals surface area contributed by atoms with E-state index >= 15 is 0 Å². The molecule has 0 spiro atoms. The van der Waals surface area contributed by atoms with E-state index in [0.717, 1.165) is 12.1 Å². The highest BCUT2D eigenvalue weighted by molar-refractivity contribution is 5.47. The van der Waals surface area contributed by atoms with Gasteiger partial charge in [0.05, 0.1) is 0 Å². The lowest BCUT2D eigenvalue weighted by molar-refractivity contribution is 0.736. The maximum absolute atomic E-state index is 5.80. The molecule has 0 fully saturated rings. The Hall–Kier alpha value is -0.980. The number of benzene rings is 1. The first-order valence-electron chi connectivity index (χ1n) is 4.10. The Labute approximate surface area is 68.2 Å². The van der Waals surface area contributed by atoms with Gasteiger partial charge in [-0.2, -0.15) is 0 Å². The molecule has 0 aliphatic rings. The second kappa shape index (κ2) is 3.42. The van der Waals surface area contributed by atoms with E-state index in [1.165, 1.54) is 5.56 Å². The summed E-state index contributed by atoms with van der Waals surface area (Å²) in [6, 6.07) is 8.07. The van der Waals surface area contributed by atoms with Crippen molar-refractivity contribution in [2.45, 2.75) is 26.2 Å². The second-order valence-corrected chi connectivity index (χ2v) is 2.94. The van der Waals surface area contributed by atoms with Gasteiger partial charge < -0.3 is 5.73 Å². The molecule has 11 heavy (non-hydrogen) atoms. The van der Waals surface area contributed by atoms with E-state index in [4.69, 9.17) is 5.73 Å². The van der Waals surface area contributed by atoms with Crippen LogP contribution in [0.2, 0.25) is 0 Å². The van der Waals surface area contributed by atoms with Crippen LogP contribution >= 0.6 is 0 Å². The Morgan fingerprint density at radius 1 is 1.36 bits per heavy atom. The summed E-state index contributed by atoms with van der Waals surface area (Å²) in [7, 11) is 0. The number of nitrogen functional groups attached to an aromatic ring is 1. The molecule has 0 saturated carbocycles. The zero-order valence-corrected chi connectivity index (χ0v) is 7.17. The third kappa shape index (κ3) is 1.73. The molecule has 0 aliphatic carbocycles. The number of anilines is 1. The van der Waals surface area contributed by atoms with Crippen LogP contribution < -0.4 is 5.73 Å². The fourth-order valence-electron chi connectivity index (χ4n) is 1.18. The Kier molecular flexibility index (Phi) is 2.53. The highest BCUT2D eigenvalue weighted by Gasteiger charge is 2.04. The molecule has 1 rings (SSSR count). The van der Waals surface area contributed by atoms with Crippen molar-refractivity contribution in [2.24, 2.45) is 0 Å². The fourth-order valence-corrected chi connectivity index (χ4v) is 1.18. The lowest BCUT2D eigenvalue weighted by Crippen LogP contribution is -1.97. The minimum Gasteiger partial charge on any atom is -0.398 e. The molecular weight excluding hydrogens is 134 g/mol. The predicted molar refractivity (Wildman–Crippen MR) is 49.6 cm³/mol. The standard InChI is InChI=1S/C10H15N/c1-3-8(2)9-6-4-5-7-10(9)11/h4-8H,3,11H2,1-2H3/t8-/m1/s1. The van der Waals surface area contributed by atoms with E-state index in [2.05, 4.69) is 19.9 Å². The van der Waals surface area contributed by atoms with E-state index in [0.29, 0.717) is 5.92 Å². The van der Waals surface area contributed by atoms with Gasteiger partial charge in [-0.15, -0.1) is 0 Å². The van der Waals surface area contributed by atoms with Crippen molar-refractivity contribution in [3.8, 4) is 0 Å². The van der Waals surface area contributed by atoms with E-state index in [1.54, 1.807) is 0 Å². The molecular formula is C10H15N. The first-order valence-corrected chi connectivity index (χ1v) is 4.10. The average Bonchev–Trinajstić information content (AvgIpc) is 2.04. The van der Waals surface area contributed by atoms with E-state index in [1.807, 2.05) is 18.2 Å². The number of hydrogen-bond acceptors (Lipinski definition) is 1. The van der Waals surface area contributed by atoms with Gasteiger partial charge >= 0.3 is 0 Å². The van der Waals surface area contributed by atoms with Crippen molar-refractivity contribution in [2.75, 3.05) is 5.73 Å². The average molecular weight is 149 g/mol. The molecule has 0 saturated heterocycles. The topological polar surface area (TPSA) is 26.0 Å². The zero-order chi connectivity index (χ0) is 8.27. The molecule has 2 N–H and O–H groups in total. The predicted octanol–water partition coefficient (Wildman–Crippen LogP) is 2.78. The van der Waals surface area contributed by atoms with Gasteiger partial charge in [0.25, 0.3) is 0 Å². The second-order valence-electron chi connectivity index (χ2n) is 2.94. The van der Waals surface area contributed by atoms with Crippen LogP contribution in [0, 0.1) is 0 Å². The lowest BCUT2D eigenvalue weighted by Gasteiger charge is -2.10. The van der Waals surface area contributed by atoms with Gasteiger partial charge in [-0.1, -0.05) is 32.0 Å². The summed E-state index contributed by atoms with van der Waals surface area (Å²) in [5.74, 6) is 0.580. The van der Waals surface area contributed by atoms with Gasteiger partial charge in [0.1, 0.15) is 0 Å². The highest BCUT2D eigenvalue weighted by Crippen LogP contribution is 2.23. The molecule has 0 aliphatic heterocycles. The van der Waals surface area contributed by atoms with Gasteiger partial charge in [0, 0.05) is 5.69 Å². The maximum Gasteiger partial charge on any atom is 0.0349 e. The lowest BCUT2D eigenvalue weighted by atomic mass is 9.97. The molecule has 1 atom stereocenters. The zero-order valence-electron chi connectivity index (χ0n) is 7.17. The third-order valence-electron chi connectivity index (χ3n) is 2.14.